The lowest BCUT2D eigenvalue weighted by molar-refractivity contribution is -0.122. The Morgan fingerprint density at radius 2 is 2.40 bits per heavy atom. The lowest BCUT2D eigenvalue weighted by Gasteiger charge is -2.12. The fourth-order valence-corrected chi connectivity index (χ4v) is 1.99. The zero-order valence-electron chi connectivity index (χ0n) is 9.25. The molecule has 1 heterocycles. The Labute approximate surface area is 94.9 Å². The first-order valence-electron chi connectivity index (χ1n) is 5.26. The fourth-order valence-electron chi connectivity index (χ4n) is 1.29. The third-order valence-corrected chi connectivity index (χ3v) is 2.92. The minimum Gasteiger partial charge on any atom is -0.355 e. The van der Waals surface area contributed by atoms with Gasteiger partial charge in [0, 0.05) is 6.54 Å². The molecule has 1 aromatic rings. The Kier molecular flexibility index (Phi) is 5.36. The normalized spacial score (nSPS) is 12.4. The molecule has 1 amide bonds. The zero-order chi connectivity index (χ0) is 11.1. The first kappa shape index (κ1) is 12.2. The number of hydrogen-bond acceptors (Lipinski definition) is 3. The molecule has 15 heavy (non-hydrogen) atoms. The van der Waals surface area contributed by atoms with E-state index in [-0.39, 0.29) is 11.9 Å². The molecular formula is C11H18N2OS. The molecule has 1 aromatic heterocycles. The van der Waals surface area contributed by atoms with Crippen molar-refractivity contribution in [3.63, 3.8) is 0 Å². The molecule has 2 N–H and O–H groups in total. The molecule has 0 saturated carbocycles. The molecule has 1 rings (SSSR count). The van der Waals surface area contributed by atoms with Crippen LogP contribution >= 0.6 is 11.3 Å². The number of nitrogens with one attached hydrogen (secondary N) is 2. The van der Waals surface area contributed by atoms with E-state index >= 15 is 0 Å². The Hall–Kier alpha value is -0.870. The van der Waals surface area contributed by atoms with Crippen molar-refractivity contribution in [2.45, 2.75) is 26.3 Å². The average molecular weight is 226 g/mol. The van der Waals surface area contributed by atoms with Gasteiger partial charge in [0.2, 0.25) is 5.91 Å². The van der Waals surface area contributed by atoms with E-state index in [1.165, 1.54) is 5.56 Å². The molecule has 1 atom stereocenters. The van der Waals surface area contributed by atoms with Crippen molar-refractivity contribution in [3.8, 4) is 0 Å². The highest BCUT2D eigenvalue weighted by molar-refractivity contribution is 7.07. The van der Waals surface area contributed by atoms with Gasteiger partial charge in [0.15, 0.2) is 0 Å². The first-order valence-corrected chi connectivity index (χ1v) is 6.20. The van der Waals surface area contributed by atoms with Gasteiger partial charge in [0.1, 0.15) is 0 Å². The van der Waals surface area contributed by atoms with Gasteiger partial charge in [-0.1, -0.05) is 0 Å². The van der Waals surface area contributed by atoms with Crippen LogP contribution in [0.1, 0.15) is 19.4 Å². The van der Waals surface area contributed by atoms with Crippen molar-refractivity contribution in [1.82, 2.24) is 10.6 Å². The van der Waals surface area contributed by atoms with E-state index in [1.807, 2.05) is 13.8 Å². The average Bonchev–Trinajstić information content (AvgIpc) is 2.71. The summed E-state index contributed by atoms with van der Waals surface area (Å²) in [6.45, 7) is 5.35. The molecule has 4 heteroatoms. The summed E-state index contributed by atoms with van der Waals surface area (Å²) in [6, 6.07) is 2.01. The van der Waals surface area contributed by atoms with Crippen LogP contribution in [0.2, 0.25) is 0 Å². The highest BCUT2D eigenvalue weighted by Crippen LogP contribution is 2.05. The van der Waals surface area contributed by atoms with Gasteiger partial charge in [-0.05, 0) is 49.2 Å². The predicted molar refractivity (Wildman–Crippen MR) is 64.2 cm³/mol. The molecule has 0 saturated heterocycles. The van der Waals surface area contributed by atoms with Crippen molar-refractivity contribution in [2.75, 3.05) is 13.1 Å². The summed E-state index contributed by atoms with van der Waals surface area (Å²) in [4.78, 5) is 11.4. The van der Waals surface area contributed by atoms with E-state index < -0.39 is 0 Å². The Bertz CT molecular complexity index is 285. The molecule has 0 fully saturated rings. The SMILES string of the molecule is CCNC(=O)C(C)NCCc1ccsc1. The summed E-state index contributed by atoms with van der Waals surface area (Å²) < 4.78 is 0. The number of hydrogen-bond donors (Lipinski definition) is 2. The van der Waals surface area contributed by atoms with Gasteiger partial charge >= 0.3 is 0 Å². The van der Waals surface area contributed by atoms with Crippen LogP contribution < -0.4 is 10.6 Å². The number of amides is 1. The molecule has 0 bridgehead atoms. The Balaban J connectivity index is 2.17. The maximum absolute atomic E-state index is 11.4. The van der Waals surface area contributed by atoms with Gasteiger partial charge in [-0.15, -0.1) is 0 Å². The highest BCUT2D eigenvalue weighted by atomic mass is 32.1. The first-order chi connectivity index (χ1) is 7.24. The second kappa shape index (κ2) is 6.58. The van der Waals surface area contributed by atoms with Crippen LogP contribution in [-0.4, -0.2) is 25.0 Å². The van der Waals surface area contributed by atoms with Crippen molar-refractivity contribution in [3.05, 3.63) is 22.4 Å². The summed E-state index contributed by atoms with van der Waals surface area (Å²) >= 11 is 1.71. The third-order valence-electron chi connectivity index (χ3n) is 2.19. The van der Waals surface area contributed by atoms with Gasteiger partial charge < -0.3 is 10.6 Å². The summed E-state index contributed by atoms with van der Waals surface area (Å²) in [5.74, 6) is 0.0721. The topological polar surface area (TPSA) is 41.1 Å². The lowest BCUT2D eigenvalue weighted by Crippen LogP contribution is -2.42. The van der Waals surface area contributed by atoms with Crippen molar-refractivity contribution in [1.29, 1.82) is 0 Å². The third kappa shape index (κ3) is 4.44. The standard InChI is InChI=1S/C11H18N2OS/c1-3-12-11(14)9(2)13-6-4-10-5-7-15-8-10/h5,7-9,13H,3-4,6H2,1-2H3,(H,12,14). The zero-order valence-corrected chi connectivity index (χ0v) is 10.1. The van der Waals surface area contributed by atoms with E-state index in [4.69, 9.17) is 0 Å². The van der Waals surface area contributed by atoms with Crippen LogP contribution in [0.5, 0.6) is 0 Å². The summed E-state index contributed by atoms with van der Waals surface area (Å²) in [7, 11) is 0. The molecule has 0 aliphatic heterocycles. The number of carbonyl (C=O) groups is 1. The van der Waals surface area contributed by atoms with Crippen molar-refractivity contribution in [2.24, 2.45) is 0 Å². The monoisotopic (exact) mass is 226 g/mol. The van der Waals surface area contributed by atoms with Crippen LogP contribution in [0.15, 0.2) is 16.8 Å². The second-order valence-electron chi connectivity index (χ2n) is 3.45. The minimum absolute atomic E-state index is 0.0721. The van der Waals surface area contributed by atoms with E-state index in [9.17, 15) is 4.79 Å². The van der Waals surface area contributed by atoms with Crippen molar-refractivity contribution >= 4 is 17.2 Å². The molecule has 1 unspecified atom stereocenters. The fraction of sp³-hybridized carbons (Fsp3) is 0.545. The van der Waals surface area contributed by atoms with Gasteiger partial charge in [-0.2, -0.15) is 11.3 Å². The lowest BCUT2D eigenvalue weighted by atomic mass is 10.2. The molecular weight excluding hydrogens is 208 g/mol. The predicted octanol–water partition coefficient (Wildman–Crippen LogP) is 1.40. The summed E-state index contributed by atoms with van der Waals surface area (Å²) in [5, 5.41) is 10.2. The van der Waals surface area contributed by atoms with Crippen LogP contribution in [0.3, 0.4) is 0 Å². The minimum atomic E-state index is -0.108. The Morgan fingerprint density at radius 3 is 3.00 bits per heavy atom. The van der Waals surface area contributed by atoms with E-state index in [2.05, 4.69) is 27.5 Å². The van der Waals surface area contributed by atoms with Gasteiger partial charge in [-0.25, -0.2) is 0 Å². The molecule has 0 radical (unpaired) electrons. The van der Waals surface area contributed by atoms with Crippen LogP contribution in [-0.2, 0) is 11.2 Å². The molecule has 84 valence electrons. The maximum atomic E-state index is 11.4. The van der Waals surface area contributed by atoms with Gasteiger partial charge in [0.25, 0.3) is 0 Å². The van der Waals surface area contributed by atoms with E-state index in [0.29, 0.717) is 6.54 Å². The number of carbonyl (C=O) groups excluding carboxylic acids is 1. The molecule has 0 aliphatic carbocycles. The summed E-state index contributed by atoms with van der Waals surface area (Å²) in [5.41, 5.74) is 1.33. The molecule has 3 nitrogen and oxygen atoms in total. The van der Waals surface area contributed by atoms with Crippen LogP contribution in [0, 0.1) is 0 Å². The van der Waals surface area contributed by atoms with Gasteiger partial charge in [0.05, 0.1) is 6.04 Å². The molecule has 0 aliphatic rings. The van der Waals surface area contributed by atoms with E-state index in [1.54, 1.807) is 11.3 Å². The smallest absolute Gasteiger partial charge is 0.236 e. The maximum Gasteiger partial charge on any atom is 0.236 e. The highest BCUT2D eigenvalue weighted by Gasteiger charge is 2.09. The molecule has 0 spiro atoms. The van der Waals surface area contributed by atoms with Gasteiger partial charge in [-0.3, -0.25) is 4.79 Å². The number of likely N-dealkylation sites (N-methyl/N-ethyl adjacent to an activating group) is 1. The second-order valence-corrected chi connectivity index (χ2v) is 4.23. The van der Waals surface area contributed by atoms with E-state index in [0.717, 1.165) is 13.0 Å². The largest absolute Gasteiger partial charge is 0.355 e. The van der Waals surface area contributed by atoms with Crippen molar-refractivity contribution < 1.29 is 4.79 Å². The van der Waals surface area contributed by atoms with Crippen LogP contribution in [0.4, 0.5) is 0 Å². The molecule has 0 aromatic carbocycles. The Morgan fingerprint density at radius 1 is 1.60 bits per heavy atom. The van der Waals surface area contributed by atoms with Crippen LogP contribution in [0.25, 0.3) is 0 Å². The quantitative estimate of drug-likeness (QED) is 0.770. The number of rotatable bonds is 6. The number of thiophene rings is 1. The summed E-state index contributed by atoms with van der Waals surface area (Å²) in [6.07, 6.45) is 0.979.